The highest BCUT2D eigenvalue weighted by atomic mass is 15.3. The van der Waals surface area contributed by atoms with E-state index in [0.29, 0.717) is 6.04 Å². The van der Waals surface area contributed by atoms with Crippen molar-refractivity contribution in [3.63, 3.8) is 0 Å². The molecule has 1 atom stereocenters. The number of nitrogens with zero attached hydrogens (tertiary/aromatic N) is 3. The lowest BCUT2D eigenvalue weighted by Crippen LogP contribution is -2.44. The van der Waals surface area contributed by atoms with Crippen molar-refractivity contribution in [1.29, 1.82) is 0 Å². The number of aromatic nitrogens is 2. The summed E-state index contributed by atoms with van der Waals surface area (Å²) >= 11 is 0. The van der Waals surface area contributed by atoms with Gasteiger partial charge in [-0.05, 0) is 19.8 Å². The van der Waals surface area contributed by atoms with Crippen LogP contribution in [0.3, 0.4) is 0 Å². The summed E-state index contributed by atoms with van der Waals surface area (Å²) in [7, 11) is 0. The van der Waals surface area contributed by atoms with E-state index in [1.165, 1.54) is 18.7 Å². The molecule has 1 saturated carbocycles. The smallest absolute Gasteiger partial charge is 0.122 e. The first-order valence-electron chi connectivity index (χ1n) is 6.30. The predicted molar refractivity (Wildman–Crippen MR) is 63.1 cm³/mol. The Morgan fingerprint density at radius 3 is 3.19 bits per heavy atom. The molecule has 0 radical (unpaired) electrons. The Bertz CT molecular complexity index is 356. The van der Waals surface area contributed by atoms with Crippen molar-refractivity contribution < 1.29 is 0 Å². The number of hydrogen-bond acceptors (Lipinski definition) is 3. The van der Waals surface area contributed by atoms with Gasteiger partial charge in [-0.25, -0.2) is 4.98 Å². The molecule has 4 nitrogen and oxygen atoms in total. The topological polar surface area (TPSA) is 33.1 Å². The minimum Gasteiger partial charge on any atom is -0.333 e. The third-order valence-corrected chi connectivity index (χ3v) is 3.68. The van der Waals surface area contributed by atoms with Crippen molar-refractivity contribution >= 4 is 0 Å². The molecule has 1 aromatic rings. The van der Waals surface area contributed by atoms with Gasteiger partial charge in [-0.15, -0.1) is 0 Å². The molecular weight excluding hydrogens is 200 g/mol. The van der Waals surface area contributed by atoms with Crippen molar-refractivity contribution in [2.75, 3.05) is 13.1 Å². The molecule has 16 heavy (non-hydrogen) atoms. The van der Waals surface area contributed by atoms with Crippen molar-refractivity contribution in [1.82, 2.24) is 19.8 Å². The Morgan fingerprint density at radius 1 is 1.50 bits per heavy atom. The molecule has 2 heterocycles. The van der Waals surface area contributed by atoms with Gasteiger partial charge in [0.2, 0.25) is 0 Å². The summed E-state index contributed by atoms with van der Waals surface area (Å²) in [4.78, 5) is 6.92. The monoisotopic (exact) mass is 220 g/mol. The van der Waals surface area contributed by atoms with Crippen LogP contribution in [0.2, 0.25) is 0 Å². The Kier molecular flexibility index (Phi) is 2.69. The highest BCUT2D eigenvalue weighted by Crippen LogP contribution is 2.19. The van der Waals surface area contributed by atoms with Gasteiger partial charge >= 0.3 is 0 Å². The summed E-state index contributed by atoms with van der Waals surface area (Å²) < 4.78 is 2.26. The van der Waals surface area contributed by atoms with Gasteiger partial charge in [0.15, 0.2) is 0 Å². The average molecular weight is 220 g/mol. The summed E-state index contributed by atoms with van der Waals surface area (Å²) in [6.07, 6.45) is 6.74. The van der Waals surface area contributed by atoms with Gasteiger partial charge in [-0.3, -0.25) is 4.90 Å². The molecule has 0 amide bonds. The zero-order chi connectivity index (χ0) is 11.0. The Morgan fingerprint density at radius 2 is 2.38 bits per heavy atom. The molecule has 1 N–H and O–H groups in total. The lowest BCUT2D eigenvalue weighted by atomic mass is 10.2. The van der Waals surface area contributed by atoms with Crippen LogP contribution in [0, 0.1) is 0 Å². The van der Waals surface area contributed by atoms with Crippen LogP contribution in [-0.4, -0.2) is 39.6 Å². The van der Waals surface area contributed by atoms with Gasteiger partial charge in [0.25, 0.3) is 0 Å². The Labute approximate surface area is 96.7 Å². The van der Waals surface area contributed by atoms with E-state index in [4.69, 9.17) is 0 Å². The van der Waals surface area contributed by atoms with Gasteiger partial charge in [-0.2, -0.15) is 0 Å². The highest BCUT2D eigenvalue weighted by molar-refractivity contribution is 4.96. The van der Waals surface area contributed by atoms with E-state index in [2.05, 4.69) is 32.9 Å². The van der Waals surface area contributed by atoms with E-state index in [-0.39, 0.29) is 0 Å². The zero-order valence-corrected chi connectivity index (χ0v) is 9.89. The number of nitrogens with one attached hydrogen (secondary N) is 1. The summed E-state index contributed by atoms with van der Waals surface area (Å²) in [6.45, 7) is 6.67. The van der Waals surface area contributed by atoms with Gasteiger partial charge in [-0.1, -0.05) is 0 Å². The van der Waals surface area contributed by atoms with Crippen LogP contribution >= 0.6 is 0 Å². The third kappa shape index (κ3) is 2.13. The Balaban J connectivity index is 1.55. The molecule has 0 aromatic carbocycles. The first kappa shape index (κ1) is 10.3. The molecule has 3 rings (SSSR count). The van der Waals surface area contributed by atoms with Gasteiger partial charge < -0.3 is 9.88 Å². The summed E-state index contributed by atoms with van der Waals surface area (Å²) in [6, 6.07) is 1.43. The standard InChI is InChI=1S/C12H20N4/c1-10(8-14-11-2-3-11)16-7-6-15-5-4-13-12(15)9-16/h4-5,10-11,14H,2-3,6-9H2,1H3. The minimum absolute atomic E-state index is 0.617. The van der Waals surface area contributed by atoms with Crippen LogP contribution in [0.5, 0.6) is 0 Å². The molecule has 4 heteroatoms. The summed E-state index contributed by atoms with van der Waals surface area (Å²) in [5, 5.41) is 3.60. The summed E-state index contributed by atoms with van der Waals surface area (Å²) in [5.74, 6) is 1.21. The molecular formula is C12H20N4. The fourth-order valence-corrected chi connectivity index (χ4v) is 2.32. The molecule has 1 aliphatic heterocycles. The number of fused-ring (bicyclic) bond motifs is 1. The molecule has 1 fully saturated rings. The van der Waals surface area contributed by atoms with Crippen LogP contribution < -0.4 is 5.32 Å². The second-order valence-electron chi connectivity index (χ2n) is 5.04. The van der Waals surface area contributed by atoms with Crippen LogP contribution in [-0.2, 0) is 13.1 Å². The van der Waals surface area contributed by atoms with E-state index < -0.39 is 0 Å². The molecule has 0 spiro atoms. The van der Waals surface area contributed by atoms with Crippen LogP contribution in [0.15, 0.2) is 12.4 Å². The molecule has 1 aromatic heterocycles. The maximum atomic E-state index is 4.40. The Hall–Kier alpha value is -0.870. The van der Waals surface area contributed by atoms with E-state index in [1.54, 1.807) is 0 Å². The number of imidazole rings is 1. The second kappa shape index (κ2) is 4.18. The van der Waals surface area contributed by atoms with Crippen molar-refractivity contribution in [2.24, 2.45) is 0 Å². The van der Waals surface area contributed by atoms with Gasteiger partial charge in [0.05, 0.1) is 6.54 Å². The van der Waals surface area contributed by atoms with Crippen molar-refractivity contribution in [3.8, 4) is 0 Å². The summed E-state index contributed by atoms with van der Waals surface area (Å²) in [5.41, 5.74) is 0. The zero-order valence-electron chi connectivity index (χ0n) is 9.89. The van der Waals surface area contributed by atoms with Crippen LogP contribution in [0.4, 0.5) is 0 Å². The SMILES string of the molecule is CC(CNC1CC1)N1CCn2ccnc2C1. The lowest BCUT2D eigenvalue weighted by molar-refractivity contribution is 0.159. The van der Waals surface area contributed by atoms with E-state index in [9.17, 15) is 0 Å². The highest BCUT2D eigenvalue weighted by Gasteiger charge is 2.24. The predicted octanol–water partition coefficient (Wildman–Crippen LogP) is 0.839. The first-order valence-corrected chi connectivity index (χ1v) is 6.30. The molecule has 2 aliphatic rings. The number of hydrogen-bond donors (Lipinski definition) is 1. The largest absolute Gasteiger partial charge is 0.333 e. The quantitative estimate of drug-likeness (QED) is 0.816. The molecule has 1 unspecified atom stereocenters. The van der Waals surface area contributed by atoms with E-state index >= 15 is 0 Å². The molecule has 88 valence electrons. The maximum absolute atomic E-state index is 4.40. The van der Waals surface area contributed by atoms with Gasteiger partial charge in [0, 0.05) is 44.1 Å². The number of rotatable bonds is 4. The van der Waals surface area contributed by atoms with Crippen LogP contribution in [0.1, 0.15) is 25.6 Å². The third-order valence-electron chi connectivity index (χ3n) is 3.68. The minimum atomic E-state index is 0.617. The van der Waals surface area contributed by atoms with Crippen molar-refractivity contribution in [3.05, 3.63) is 18.2 Å². The van der Waals surface area contributed by atoms with Crippen molar-refractivity contribution in [2.45, 2.75) is 44.9 Å². The molecule has 0 saturated heterocycles. The second-order valence-corrected chi connectivity index (χ2v) is 5.04. The lowest BCUT2D eigenvalue weighted by Gasteiger charge is -2.32. The van der Waals surface area contributed by atoms with E-state index in [1.807, 2.05) is 6.20 Å². The normalized spacial score (nSPS) is 23.1. The fraction of sp³-hybridized carbons (Fsp3) is 0.750. The van der Waals surface area contributed by atoms with Crippen LogP contribution in [0.25, 0.3) is 0 Å². The maximum Gasteiger partial charge on any atom is 0.122 e. The van der Waals surface area contributed by atoms with Gasteiger partial charge in [0.1, 0.15) is 5.82 Å². The molecule has 0 bridgehead atoms. The first-order chi connectivity index (χ1) is 7.83. The average Bonchev–Trinajstić information content (AvgIpc) is 3.01. The fourth-order valence-electron chi connectivity index (χ4n) is 2.32. The molecule has 1 aliphatic carbocycles. The van der Waals surface area contributed by atoms with E-state index in [0.717, 1.165) is 32.2 Å².